The lowest BCUT2D eigenvalue weighted by Crippen LogP contribution is -2.40. The van der Waals surface area contributed by atoms with E-state index in [1.54, 1.807) is 6.07 Å². The molecule has 0 atom stereocenters. The van der Waals surface area contributed by atoms with E-state index in [-0.39, 0.29) is 16.6 Å². The van der Waals surface area contributed by atoms with Crippen molar-refractivity contribution < 1.29 is 13.3 Å². The Morgan fingerprint density at radius 2 is 1.62 bits per heavy atom. The molecule has 2 aliphatic heterocycles. The van der Waals surface area contributed by atoms with E-state index >= 15 is 0 Å². The van der Waals surface area contributed by atoms with Gasteiger partial charge in [-0.05, 0) is 50.7 Å². The van der Waals surface area contributed by atoms with Crippen LogP contribution < -0.4 is 5.32 Å². The van der Waals surface area contributed by atoms with Gasteiger partial charge in [-0.2, -0.15) is 4.31 Å². The molecule has 160 valence electrons. The van der Waals surface area contributed by atoms with Crippen molar-refractivity contribution in [3.8, 4) is 0 Å². The molecule has 1 N–H and O–H groups in total. The lowest BCUT2D eigenvalue weighted by molar-refractivity contribution is -0.384. The van der Waals surface area contributed by atoms with Crippen molar-refractivity contribution in [1.82, 2.24) is 9.21 Å². The van der Waals surface area contributed by atoms with E-state index in [2.05, 4.69) is 10.2 Å². The van der Waals surface area contributed by atoms with Crippen LogP contribution in [0.3, 0.4) is 0 Å². The van der Waals surface area contributed by atoms with E-state index in [1.807, 2.05) is 0 Å². The first-order valence-corrected chi connectivity index (χ1v) is 12.2. The number of anilines is 1. The van der Waals surface area contributed by atoms with Crippen LogP contribution in [0.15, 0.2) is 23.1 Å². The molecule has 0 radical (unpaired) electrons. The summed E-state index contributed by atoms with van der Waals surface area (Å²) in [7, 11) is -3.71. The molecule has 2 saturated heterocycles. The summed E-state index contributed by atoms with van der Waals surface area (Å²) in [4.78, 5) is 13.7. The molecule has 0 aromatic heterocycles. The van der Waals surface area contributed by atoms with Gasteiger partial charge in [0.15, 0.2) is 0 Å². The molecule has 1 saturated carbocycles. The van der Waals surface area contributed by atoms with Crippen LogP contribution in [0, 0.1) is 10.1 Å². The lowest BCUT2D eigenvalue weighted by atomic mass is 10.0. The van der Waals surface area contributed by atoms with E-state index in [0.717, 1.165) is 57.7 Å². The second-order valence-electron chi connectivity index (χ2n) is 8.44. The summed E-state index contributed by atoms with van der Waals surface area (Å²) in [5.74, 6) is 0. The molecular weight excluding hydrogens is 392 g/mol. The summed E-state index contributed by atoms with van der Waals surface area (Å²) < 4.78 is 27.5. The number of nitro benzene ring substituents is 1. The first kappa shape index (κ1) is 20.6. The zero-order valence-corrected chi connectivity index (χ0v) is 17.6. The molecule has 3 aliphatic rings. The molecule has 1 aromatic carbocycles. The predicted octanol–water partition coefficient (Wildman–Crippen LogP) is 3.20. The van der Waals surface area contributed by atoms with Gasteiger partial charge in [-0.25, -0.2) is 8.42 Å². The monoisotopic (exact) mass is 422 g/mol. The Balaban J connectivity index is 1.50. The van der Waals surface area contributed by atoms with Gasteiger partial charge in [0.25, 0.3) is 5.69 Å². The number of benzene rings is 1. The summed E-state index contributed by atoms with van der Waals surface area (Å²) in [5, 5.41) is 15.0. The number of hydrogen-bond acceptors (Lipinski definition) is 6. The quantitative estimate of drug-likeness (QED) is 0.559. The van der Waals surface area contributed by atoms with E-state index in [9.17, 15) is 18.5 Å². The van der Waals surface area contributed by atoms with Crippen molar-refractivity contribution >= 4 is 21.4 Å². The molecule has 0 unspecified atom stereocenters. The number of hydrogen-bond donors (Lipinski definition) is 1. The van der Waals surface area contributed by atoms with Crippen LogP contribution in [0.5, 0.6) is 0 Å². The number of likely N-dealkylation sites (tertiary alicyclic amines) is 1. The van der Waals surface area contributed by atoms with Gasteiger partial charge < -0.3 is 10.2 Å². The third kappa shape index (κ3) is 4.73. The lowest BCUT2D eigenvalue weighted by Gasteiger charge is -2.32. The van der Waals surface area contributed by atoms with E-state index in [4.69, 9.17) is 0 Å². The Morgan fingerprint density at radius 3 is 2.21 bits per heavy atom. The average molecular weight is 423 g/mol. The first-order chi connectivity index (χ1) is 13.9. The maximum atomic E-state index is 13.0. The molecule has 0 amide bonds. The summed E-state index contributed by atoms with van der Waals surface area (Å²) in [5.41, 5.74) is 0.250. The van der Waals surface area contributed by atoms with Gasteiger partial charge in [-0.1, -0.05) is 12.8 Å². The van der Waals surface area contributed by atoms with Gasteiger partial charge in [0.1, 0.15) is 5.69 Å². The van der Waals surface area contributed by atoms with Crippen molar-refractivity contribution in [2.75, 3.05) is 31.5 Å². The number of sulfonamides is 1. The third-order valence-electron chi connectivity index (χ3n) is 6.32. The summed E-state index contributed by atoms with van der Waals surface area (Å²) >= 11 is 0. The summed E-state index contributed by atoms with van der Waals surface area (Å²) in [6, 6.07) is 5.22. The van der Waals surface area contributed by atoms with Crippen LogP contribution in [0.25, 0.3) is 0 Å². The topological polar surface area (TPSA) is 95.8 Å². The minimum absolute atomic E-state index is 0.0141. The molecule has 29 heavy (non-hydrogen) atoms. The largest absolute Gasteiger partial charge is 0.377 e. The second kappa shape index (κ2) is 8.57. The molecule has 0 bridgehead atoms. The zero-order chi connectivity index (χ0) is 20.4. The molecule has 1 aliphatic carbocycles. The summed E-state index contributed by atoms with van der Waals surface area (Å²) in [6.45, 7) is 2.99. The van der Waals surface area contributed by atoms with Gasteiger partial charge in [-0.3, -0.25) is 10.1 Å². The van der Waals surface area contributed by atoms with Crippen LogP contribution in [0.1, 0.15) is 51.4 Å². The van der Waals surface area contributed by atoms with Crippen LogP contribution in [0.4, 0.5) is 11.4 Å². The van der Waals surface area contributed by atoms with Crippen LogP contribution in [0.2, 0.25) is 0 Å². The molecule has 8 nitrogen and oxygen atoms in total. The highest BCUT2D eigenvalue weighted by molar-refractivity contribution is 7.89. The predicted molar refractivity (Wildman–Crippen MR) is 112 cm³/mol. The fourth-order valence-corrected chi connectivity index (χ4v) is 5.98. The number of nitrogens with one attached hydrogen (secondary N) is 1. The number of nitrogens with zero attached hydrogens (tertiary/aromatic N) is 3. The van der Waals surface area contributed by atoms with E-state index in [1.165, 1.54) is 29.3 Å². The Morgan fingerprint density at radius 1 is 0.966 bits per heavy atom. The third-order valence-corrected chi connectivity index (χ3v) is 8.22. The average Bonchev–Trinajstić information content (AvgIpc) is 3.55. The van der Waals surface area contributed by atoms with Crippen LogP contribution >= 0.6 is 0 Å². The Hall–Kier alpha value is -1.71. The van der Waals surface area contributed by atoms with Crippen molar-refractivity contribution in [2.45, 2.75) is 68.3 Å². The number of nitro groups is 1. The molecule has 2 heterocycles. The maximum Gasteiger partial charge on any atom is 0.293 e. The molecule has 1 aromatic rings. The van der Waals surface area contributed by atoms with Gasteiger partial charge in [-0.15, -0.1) is 0 Å². The standard InChI is InChI=1S/C20H30N4O4S/c25-24(26)20-15-18(29(27,28)23-11-3-1-2-4-12-23)7-8-19(20)21-16-9-13-22(14-10-16)17-5-6-17/h7-8,15-17,21H,1-6,9-14H2. The molecule has 9 heteroatoms. The minimum Gasteiger partial charge on any atom is -0.377 e. The van der Waals surface area contributed by atoms with Gasteiger partial charge in [0.2, 0.25) is 10.0 Å². The van der Waals surface area contributed by atoms with Gasteiger partial charge >= 0.3 is 0 Å². The number of rotatable bonds is 6. The normalized spacial score (nSPS) is 22.9. The smallest absolute Gasteiger partial charge is 0.293 e. The second-order valence-corrected chi connectivity index (χ2v) is 10.4. The highest BCUT2D eigenvalue weighted by Gasteiger charge is 2.33. The van der Waals surface area contributed by atoms with E-state index < -0.39 is 14.9 Å². The summed E-state index contributed by atoms with van der Waals surface area (Å²) in [6.07, 6.45) is 8.18. The SMILES string of the molecule is O=[N+]([O-])c1cc(S(=O)(=O)N2CCCCCC2)ccc1NC1CCN(C2CC2)CC1. The Labute approximate surface area is 172 Å². The van der Waals surface area contributed by atoms with Crippen molar-refractivity contribution in [1.29, 1.82) is 0 Å². The zero-order valence-electron chi connectivity index (χ0n) is 16.8. The Kier molecular flexibility index (Phi) is 6.08. The maximum absolute atomic E-state index is 13.0. The van der Waals surface area contributed by atoms with Crippen molar-refractivity contribution in [3.05, 3.63) is 28.3 Å². The fourth-order valence-electron chi connectivity index (χ4n) is 4.44. The molecule has 4 rings (SSSR count). The fraction of sp³-hybridized carbons (Fsp3) is 0.700. The molecule has 0 spiro atoms. The Bertz CT molecular complexity index is 840. The highest BCUT2D eigenvalue weighted by atomic mass is 32.2. The van der Waals surface area contributed by atoms with Crippen molar-refractivity contribution in [3.63, 3.8) is 0 Å². The molecule has 3 fully saturated rings. The van der Waals surface area contributed by atoms with Gasteiger partial charge in [0.05, 0.1) is 9.82 Å². The molecular formula is C20H30N4O4S. The number of piperidine rings is 1. The van der Waals surface area contributed by atoms with Crippen LogP contribution in [-0.2, 0) is 10.0 Å². The first-order valence-electron chi connectivity index (χ1n) is 10.7. The van der Waals surface area contributed by atoms with Crippen molar-refractivity contribution in [2.24, 2.45) is 0 Å². The van der Waals surface area contributed by atoms with E-state index in [0.29, 0.717) is 18.8 Å². The highest BCUT2D eigenvalue weighted by Crippen LogP contribution is 2.33. The van der Waals surface area contributed by atoms with Crippen LogP contribution in [-0.4, -0.2) is 60.8 Å². The minimum atomic E-state index is -3.71. The van der Waals surface area contributed by atoms with Gasteiger partial charge in [0, 0.05) is 44.3 Å².